The SMILES string of the molecule is CC(C)C1=C2C3CCC4C5(C)CCC(OC(=O)CC(C)(C)C(=O)O)C(C)(C)C5CCC4(C)C3(C)CCC2(C(O)CNCCc2cccnc2)CC1=O. The van der Waals surface area contributed by atoms with Crippen LogP contribution in [-0.2, 0) is 25.5 Å². The summed E-state index contributed by atoms with van der Waals surface area (Å²) in [6, 6.07) is 4.03. The smallest absolute Gasteiger partial charge is 0.309 e. The number of hydrogen-bond donors (Lipinski definition) is 3. The summed E-state index contributed by atoms with van der Waals surface area (Å²) in [6.45, 7) is 20.9. The van der Waals surface area contributed by atoms with Gasteiger partial charge in [-0.1, -0.05) is 60.1 Å². The van der Waals surface area contributed by atoms with Gasteiger partial charge >= 0.3 is 11.9 Å². The van der Waals surface area contributed by atoms with Crippen molar-refractivity contribution in [3.8, 4) is 0 Å². The third-order valence-corrected chi connectivity index (χ3v) is 16.2. The lowest BCUT2D eigenvalue weighted by Gasteiger charge is -2.72. The first-order valence-electron chi connectivity index (χ1n) is 20.2. The zero-order chi connectivity index (χ0) is 38.1. The Morgan fingerprint density at radius 2 is 1.73 bits per heavy atom. The second-order valence-corrected chi connectivity index (χ2v) is 19.9. The molecular formula is C44H66N2O6. The van der Waals surface area contributed by atoms with Crippen molar-refractivity contribution in [3.05, 3.63) is 41.2 Å². The van der Waals surface area contributed by atoms with Crippen LogP contribution >= 0.6 is 0 Å². The van der Waals surface area contributed by atoms with Gasteiger partial charge in [-0.15, -0.1) is 0 Å². The number of pyridine rings is 1. The van der Waals surface area contributed by atoms with Crippen LogP contribution in [0.3, 0.4) is 0 Å². The number of aromatic nitrogens is 1. The first-order chi connectivity index (χ1) is 24.2. The van der Waals surface area contributed by atoms with Gasteiger partial charge in [0, 0.05) is 36.2 Å². The Labute approximate surface area is 312 Å². The molecule has 288 valence electrons. The van der Waals surface area contributed by atoms with E-state index in [0.717, 1.165) is 69.9 Å². The maximum absolute atomic E-state index is 14.0. The van der Waals surface area contributed by atoms with Crippen molar-refractivity contribution in [1.29, 1.82) is 0 Å². The molecule has 9 atom stereocenters. The van der Waals surface area contributed by atoms with Crippen LogP contribution in [0.5, 0.6) is 0 Å². The standard InChI is InChI=1S/C44H66N2O6/c1-27(2)36-30(47)23-44(33(48)26-46-22-16-28-11-10-21-45-25-28)20-19-42(8)29(37(36)44)12-13-32-41(7)17-15-34(52-35(49)24-39(3,4)38(50)51)40(5,6)31(41)14-18-43(32,42)9/h10-11,21,25,27,29,31-34,46,48H,12-20,22-24,26H2,1-9H3,(H,50,51). The summed E-state index contributed by atoms with van der Waals surface area (Å²) in [6.07, 6.45) is 11.8. The highest BCUT2D eigenvalue weighted by molar-refractivity contribution is 6.00. The van der Waals surface area contributed by atoms with Gasteiger partial charge in [0.1, 0.15) is 6.10 Å². The van der Waals surface area contributed by atoms with Crippen LogP contribution in [0.2, 0.25) is 0 Å². The Morgan fingerprint density at radius 1 is 1.00 bits per heavy atom. The van der Waals surface area contributed by atoms with E-state index >= 15 is 0 Å². The average Bonchev–Trinajstić information content (AvgIpc) is 3.38. The first-order valence-corrected chi connectivity index (χ1v) is 20.2. The fourth-order valence-corrected chi connectivity index (χ4v) is 13.1. The van der Waals surface area contributed by atoms with Crippen molar-refractivity contribution in [3.63, 3.8) is 0 Å². The third kappa shape index (κ3) is 6.10. The number of aliphatic hydroxyl groups excluding tert-OH is 1. The van der Waals surface area contributed by atoms with Crippen LogP contribution in [0.15, 0.2) is 35.7 Å². The summed E-state index contributed by atoms with van der Waals surface area (Å²) >= 11 is 0. The Bertz CT molecular complexity index is 1580. The topological polar surface area (TPSA) is 126 Å². The van der Waals surface area contributed by atoms with Gasteiger partial charge in [-0.3, -0.25) is 19.4 Å². The number of esters is 1. The molecule has 52 heavy (non-hydrogen) atoms. The van der Waals surface area contributed by atoms with Crippen molar-refractivity contribution in [2.75, 3.05) is 13.1 Å². The second kappa shape index (κ2) is 13.6. The number of ketones is 1. The van der Waals surface area contributed by atoms with Crippen molar-refractivity contribution in [2.24, 2.45) is 56.2 Å². The minimum Gasteiger partial charge on any atom is -0.481 e. The predicted octanol–water partition coefficient (Wildman–Crippen LogP) is 7.97. The fraction of sp³-hybridized carbons (Fsp3) is 0.773. The highest BCUT2D eigenvalue weighted by Crippen LogP contribution is 2.77. The van der Waals surface area contributed by atoms with Gasteiger partial charge in [0.05, 0.1) is 17.9 Å². The van der Waals surface area contributed by atoms with E-state index in [4.69, 9.17) is 4.74 Å². The van der Waals surface area contributed by atoms with Crippen LogP contribution < -0.4 is 5.32 Å². The van der Waals surface area contributed by atoms with E-state index < -0.39 is 28.9 Å². The van der Waals surface area contributed by atoms with Gasteiger partial charge in [-0.2, -0.15) is 0 Å². The molecule has 9 unspecified atom stereocenters. The molecule has 0 saturated heterocycles. The number of carbonyl (C=O) groups is 3. The summed E-state index contributed by atoms with van der Waals surface area (Å²) in [7, 11) is 0. The van der Waals surface area contributed by atoms with E-state index in [1.165, 1.54) is 11.1 Å². The van der Waals surface area contributed by atoms with Gasteiger partial charge in [-0.05, 0) is 135 Å². The summed E-state index contributed by atoms with van der Waals surface area (Å²) in [5.41, 5.74) is 1.69. The molecule has 8 heteroatoms. The lowest BCUT2D eigenvalue weighted by atomic mass is 9.33. The summed E-state index contributed by atoms with van der Waals surface area (Å²) in [5, 5.41) is 25.3. The maximum atomic E-state index is 14.0. The molecule has 1 heterocycles. The van der Waals surface area contributed by atoms with Crippen molar-refractivity contribution in [2.45, 2.75) is 145 Å². The molecule has 4 saturated carbocycles. The summed E-state index contributed by atoms with van der Waals surface area (Å²) < 4.78 is 6.16. The lowest BCUT2D eigenvalue weighted by Crippen LogP contribution is -2.66. The molecule has 0 aromatic carbocycles. The van der Waals surface area contributed by atoms with Crippen LogP contribution in [0, 0.1) is 56.2 Å². The molecule has 0 amide bonds. The number of aliphatic hydroxyl groups is 1. The highest BCUT2D eigenvalue weighted by atomic mass is 16.5. The molecule has 6 rings (SSSR count). The molecule has 0 aliphatic heterocycles. The van der Waals surface area contributed by atoms with Crippen LogP contribution in [0.1, 0.15) is 132 Å². The molecule has 1 aromatic heterocycles. The normalized spacial score (nSPS) is 37.5. The van der Waals surface area contributed by atoms with Crippen molar-refractivity contribution >= 4 is 17.7 Å². The molecule has 5 aliphatic carbocycles. The molecule has 8 nitrogen and oxygen atoms in total. The number of rotatable bonds is 11. The number of ether oxygens (including phenoxy) is 1. The number of aliphatic carboxylic acids is 1. The number of carboxylic acids is 1. The highest BCUT2D eigenvalue weighted by Gasteiger charge is 2.70. The van der Waals surface area contributed by atoms with Gasteiger partial charge in [0.15, 0.2) is 5.78 Å². The minimum atomic E-state index is -1.16. The minimum absolute atomic E-state index is 0.00315. The summed E-state index contributed by atoms with van der Waals surface area (Å²) in [4.78, 5) is 43.1. The quantitative estimate of drug-likeness (QED) is 0.155. The zero-order valence-electron chi connectivity index (χ0n) is 33.4. The van der Waals surface area contributed by atoms with Gasteiger partial charge in [-0.25, -0.2) is 0 Å². The number of fused-ring (bicyclic) bond motifs is 7. The Kier molecular flexibility index (Phi) is 10.2. The number of nitrogens with zero attached hydrogens (tertiary/aromatic N) is 1. The van der Waals surface area contributed by atoms with E-state index in [-0.39, 0.29) is 51.8 Å². The Morgan fingerprint density at radius 3 is 2.38 bits per heavy atom. The van der Waals surface area contributed by atoms with Gasteiger partial charge in [0.25, 0.3) is 0 Å². The molecule has 3 N–H and O–H groups in total. The van der Waals surface area contributed by atoms with Gasteiger partial charge in [0.2, 0.25) is 0 Å². The largest absolute Gasteiger partial charge is 0.481 e. The number of Topliss-reactive ketones (excluding diaryl/α,β-unsaturated/α-hetero) is 1. The number of carbonyl (C=O) groups excluding carboxylic acids is 2. The van der Waals surface area contributed by atoms with E-state index in [9.17, 15) is 24.6 Å². The summed E-state index contributed by atoms with van der Waals surface area (Å²) in [5.74, 6) is 0.0894. The number of nitrogens with one attached hydrogen (secondary N) is 1. The molecular weight excluding hydrogens is 652 g/mol. The zero-order valence-corrected chi connectivity index (χ0v) is 33.4. The number of carboxylic acid groups (broad SMARTS) is 1. The van der Waals surface area contributed by atoms with E-state index in [1.807, 2.05) is 12.3 Å². The molecule has 4 fully saturated rings. The van der Waals surface area contributed by atoms with Gasteiger partial charge < -0.3 is 20.3 Å². The van der Waals surface area contributed by atoms with Crippen molar-refractivity contribution in [1.82, 2.24) is 10.3 Å². The van der Waals surface area contributed by atoms with Crippen LogP contribution in [-0.4, -0.2) is 58.2 Å². The van der Waals surface area contributed by atoms with Crippen LogP contribution in [0.4, 0.5) is 0 Å². The van der Waals surface area contributed by atoms with Crippen molar-refractivity contribution < 1.29 is 29.3 Å². The Hall–Kier alpha value is -2.58. The maximum Gasteiger partial charge on any atom is 0.309 e. The predicted molar refractivity (Wildman–Crippen MR) is 202 cm³/mol. The monoisotopic (exact) mass is 718 g/mol. The van der Waals surface area contributed by atoms with E-state index in [0.29, 0.717) is 24.8 Å². The average molecular weight is 719 g/mol. The number of hydrogen-bond acceptors (Lipinski definition) is 7. The lowest BCUT2D eigenvalue weighted by molar-refractivity contribution is -0.235. The molecule has 0 bridgehead atoms. The first kappa shape index (κ1) is 39.1. The second-order valence-electron chi connectivity index (χ2n) is 19.9. The van der Waals surface area contributed by atoms with E-state index in [2.05, 4.69) is 64.8 Å². The number of allylic oxidation sites excluding steroid dienone is 1. The fourth-order valence-electron chi connectivity index (χ4n) is 13.1. The third-order valence-electron chi connectivity index (χ3n) is 16.2. The van der Waals surface area contributed by atoms with E-state index in [1.54, 1.807) is 20.0 Å². The van der Waals surface area contributed by atoms with Crippen LogP contribution in [0.25, 0.3) is 0 Å². The Balaban J connectivity index is 1.24. The molecule has 0 spiro atoms. The molecule has 0 radical (unpaired) electrons. The molecule has 1 aromatic rings. The molecule has 5 aliphatic rings.